The summed E-state index contributed by atoms with van der Waals surface area (Å²) >= 11 is 0. The minimum atomic E-state index is -0.456. The van der Waals surface area contributed by atoms with E-state index in [0.717, 1.165) is 0 Å². The molecule has 0 aliphatic rings. The van der Waals surface area contributed by atoms with E-state index in [9.17, 15) is 9.59 Å². The molecule has 74 valence electrons. The molecule has 13 heavy (non-hydrogen) atoms. The summed E-state index contributed by atoms with van der Waals surface area (Å²) in [6.07, 6.45) is 2.73. The Morgan fingerprint density at radius 1 is 1.54 bits per heavy atom. The van der Waals surface area contributed by atoms with Gasteiger partial charge in [-0.2, -0.15) is 0 Å². The normalized spacial score (nSPS) is 10.0. The van der Waals surface area contributed by atoms with E-state index in [1.54, 1.807) is 4.90 Å². The van der Waals surface area contributed by atoms with E-state index in [2.05, 4.69) is 4.74 Å². The van der Waals surface area contributed by atoms with Gasteiger partial charge in [-0.1, -0.05) is 0 Å². The second-order valence-corrected chi connectivity index (χ2v) is 2.37. The number of carbonyl (C=O) groups excluding carboxylic acids is 2. The molecule has 0 saturated carbocycles. The van der Waals surface area contributed by atoms with Crippen LogP contribution in [-0.4, -0.2) is 37.0 Å². The number of carbonyl (C=O) groups is 2. The Bertz CT molecular complexity index is 213. The largest absolute Gasteiger partial charge is 0.466 e. The van der Waals surface area contributed by atoms with Gasteiger partial charge in [0.05, 0.1) is 13.7 Å². The van der Waals surface area contributed by atoms with Gasteiger partial charge in [0.25, 0.3) is 0 Å². The predicted molar refractivity (Wildman–Crippen MR) is 47.6 cm³/mol. The molecule has 0 aromatic carbocycles. The highest BCUT2D eigenvalue weighted by atomic mass is 16.5. The summed E-state index contributed by atoms with van der Waals surface area (Å²) < 4.78 is 4.38. The van der Waals surface area contributed by atoms with Gasteiger partial charge >= 0.3 is 5.97 Å². The molecule has 0 heterocycles. The summed E-state index contributed by atoms with van der Waals surface area (Å²) in [4.78, 5) is 22.8. The molecule has 1 amide bonds. The molecule has 0 saturated heterocycles. The van der Waals surface area contributed by atoms with E-state index < -0.39 is 11.9 Å². The molecular formula is C8H14N2O3. The number of methoxy groups -OCH3 is 1. The molecule has 0 bridgehead atoms. The number of nitrogens with two attached hydrogens (primary N) is 1. The van der Waals surface area contributed by atoms with Crippen molar-refractivity contribution >= 4 is 11.9 Å². The molecule has 5 nitrogen and oxygen atoms in total. The molecule has 2 N–H and O–H groups in total. The zero-order chi connectivity index (χ0) is 10.3. The maximum absolute atomic E-state index is 10.7. The summed E-state index contributed by atoms with van der Waals surface area (Å²) in [5, 5.41) is 0. The van der Waals surface area contributed by atoms with Gasteiger partial charge in [-0.3, -0.25) is 4.79 Å². The average molecular weight is 186 g/mol. The predicted octanol–water partition coefficient (Wildman–Crippen LogP) is -0.520. The van der Waals surface area contributed by atoms with Crippen LogP contribution in [-0.2, 0) is 14.3 Å². The van der Waals surface area contributed by atoms with E-state index in [4.69, 9.17) is 5.73 Å². The third kappa shape index (κ3) is 5.72. The molecule has 0 aliphatic carbocycles. The minimum Gasteiger partial charge on any atom is -0.466 e. The van der Waals surface area contributed by atoms with E-state index in [-0.39, 0.29) is 6.54 Å². The lowest BCUT2D eigenvalue weighted by molar-refractivity contribution is -0.135. The number of esters is 1. The molecule has 0 fully saturated rings. The highest BCUT2D eigenvalue weighted by Gasteiger charge is 2.00. The van der Waals surface area contributed by atoms with E-state index in [1.165, 1.54) is 19.4 Å². The van der Waals surface area contributed by atoms with Crippen molar-refractivity contribution in [1.29, 1.82) is 0 Å². The van der Waals surface area contributed by atoms with Crippen molar-refractivity contribution in [2.75, 3.05) is 20.2 Å². The topological polar surface area (TPSA) is 72.6 Å². The van der Waals surface area contributed by atoms with Gasteiger partial charge in [0.1, 0.15) is 0 Å². The molecule has 0 unspecified atom stereocenters. The van der Waals surface area contributed by atoms with Crippen LogP contribution in [0.15, 0.2) is 12.3 Å². The Kier molecular flexibility index (Phi) is 5.34. The Balaban J connectivity index is 4.03. The fourth-order valence-corrected chi connectivity index (χ4v) is 0.704. The molecule has 5 heteroatoms. The number of ether oxygens (including phenoxy) is 1. The minimum absolute atomic E-state index is 0.101. The zero-order valence-electron chi connectivity index (χ0n) is 7.82. The number of hydrogen-bond donors (Lipinski definition) is 1. The van der Waals surface area contributed by atoms with Crippen molar-refractivity contribution in [2.24, 2.45) is 5.73 Å². The standard InChI is InChI=1S/C8H14N2O3/c1-3-10(6-7(9)11)5-4-8(12)13-2/h4-5H,3,6H2,1-2H3,(H2,9,11)/b5-4+. The molecule has 0 rings (SSSR count). The van der Waals surface area contributed by atoms with Gasteiger partial charge < -0.3 is 15.4 Å². The van der Waals surface area contributed by atoms with E-state index in [1.807, 2.05) is 6.92 Å². The van der Waals surface area contributed by atoms with Crippen LogP contribution in [0, 0.1) is 0 Å². The summed E-state index contributed by atoms with van der Waals surface area (Å²) in [6.45, 7) is 2.56. The summed E-state index contributed by atoms with van der Waals surface area (Å²) in [5.41, 5.74) is 4.98. The van der Waals surface area contributed by atoms with Crippen molar-refractivity contribution in [1.82, 2.24) is 4.90 Å². The Hall–Kier alpha value is -1.52. The molecular weight excluding hydrogens is 172 g/mol. The summed E-state index contributed by atoms with van der Waals surface area (Å²) in [6, 6.07) is 0. The number of primary amides is 1. The Morgan fingerprint density at radius 3 is 2.54 bits per heavy atom. The van der Waals surface area contributed by atoms with Crippen LogP contribution in [0.3, 0.4) is 0 Å². The quantitative estimate of drug-likeness (QED) is 0.463. The van der Waals surface area contributed by atoms with Crippen molar-refractivity contribution in [3.05, 3.63) is 12.3 Å². The van der Waals surface area contributed by atoms with Gasteiger partial charge in [0, 0.05) is 18.8 Å². The number of nitrogens with zero attached hydrogens (tertiary/aromatic N) is 1. The summed E-state index contributed by atoms with van der Waals surface area (Å²) in [7, 11) is 1.29. The van der Waals surface area contributed by atoms with Gasteiger partial charge in [0.2, 0.25) is 5.91 Å². The van der Waals surface area contributed by atoms with Crippen LogP contribution in [0.2, 0.25) is 0 Å². The first-order valence-electron chi connectivity index (χ1n) is 3.88. The van der Waals surface area contributed by atoms with Crippen LogP contribution in [0.4, 0.5) is 0 Å². The fourth-order valence-electron chi connectivity index (χ4n) is 0.704. The zero-order valence-corrected chi connectivity index (χ0v) is 7.82. The molecule has 0 radical (unpaired) electrons. The van der Waals surface area contributed by atoms with Crippen LogP contribution in [0.1, 0.15) is 6.92 Å². The molecule has 0 aliphatic heterocycles. The molecule has 0 atom stereocenters. The van der Waals surface area contributed by atoms with Crippen LogP contribution in [0.25, 0.3) is 0 Å². The maximum atomic E-state index is 10.7. The molecule has 0 aromatic heterocycles. The van der Waals surface area contributed by atoms with Crippen molar-refractivity contribution < 1.29 is 14.3 Å². The Morgan fingerprint density at radius 2 is 2.15 bits per heavy atom. The third-order valence-electron chi connectivity index (χ3n) is 1.39. The first-order valence-corrected chi connectivity index (χ1v) is 3.88. The van der Waals surface area contributed by atoms with Gasteiger partial charge in [-0.15, -0.1) is 0 Å². The van der Waals surface area contributed by atoms with Crippen LogP contribution in [0.5, 0.6) is 0 Å². The highest BCUT2D eigenvalue weighted by Crippen LogP contribution is 1.89. The maximum Gasteiger partial charge on any atom is 0.331 e. The number of rotatable bonds is 5. The third-order valence-corrected chi connectivity index (χ3v) is 1.39. The lowest BCUT2D eigenvalue weighted by Gasteiger charge is -2.14. The lowest BCUT2D eigenvalue weighted by atomic mass is 10.4. The highest BCUT2D eigenvalue weighted by molar-refractivity contribution is 5.82. The number of likely N-dealkylation sites (N-methyl/N-ethyl adjacent to an activating group) is 1. The monoisotopic (exact) mass is 186 g/mol. The first kappa shape index (κ1) is 11.5. The number of hydrogen-bond acceptors (Lipinski definition) is 4. The Labute approximate surface area is 77.1 Å². The van der Waals surface area contributed by atoms with E-state index in [0.29, 0.717) is 6.54 Å². The second-order valence-electron chi connectivity index (χ2n) is 2.37. The molecule has 0 spiro atoms. The fraction of sp³-hybridized carbons (Fsp3) is 0.500. The number of amides is 1. The van der Waals surface area contributed by atoms with Gasteiger partial charge in [-0.05, 0) is 6.92 Å². The molecule has 0 aromatic rings. The van der Waals surface area contributed by atoms with Gasteiger partial charge in [0.15, 0.2) is 0 Å². The average Bonchev–Trinajstić information content (AvgIpc) is 2.10. The van der Waals surface area contributed by atoms with Crippen molar-refractivity contribution in [3.63, 3.8) is 0 Å². The SMILES string of the molecule is CCN(/C=C/C(=O)OC)CC(N)=O. The smallest absolute Gasteiger partial charge is 0.331 e. The lowest BCUT2D eigenvalue weighted by Crippen LogP contribution is -2.29. The second kappa shape index (κ2) is 6.05. The van der Waals surface area contributed by atoms with Crippen LogP contribution < -0.4 is 5.73 Å². The van der Waals surface area contributed by atoms with Crippen LogP contribution >= 0.6 is 0 Å². The first-order chi connectivity index (χ1) is 6.10. The van der Waals surface area contributed by atoms with E-state index >= 15 is 0 Å². The van der Waals surface area contributed by atoms with Crippen molar-refractivity contribution in [3.8, 4) is 0 Å². The van der Waals surface area contributed by atoms with Crippen molar-refractivity contribution in [2.45, 2.75) is 6.92 Å². The summed E-state index contributed by atoms with van der Waals surface area (Å²) in [5.74, 6) is -0.890. The van der Waals surface area contributed by atoms with Gasteiger partial charge in [-0.25, -0.2) is 4.79 Å².